The number of ether oxygens (including phenoxy) is 1. The molecular formula is C12H21BrN2O2. The summed E-state index contributed by atoms with van der Waals surface area (Å²) in [6.07, 6.45) is 1.81. The average Bonchev–Trinajstić information content (AvgIpc) is 2.72. The van der Waals surface area contributed by atoms with Crippen molar-refractivity contribution in [3.8, 4) is 0 Å². The third kappa shape index (κ3) is 3.93. The number of alkyl halides is 1. The van der Waals surface area contributed by atoms with Crippen molar-refractivity contribution in [2.24, 2.45) is 5.92 Å². The topological polar surface area (TPSA) is 32.8 Å². The molecule has 2 rings (SSSR count). The zero-order chi connectivity index (χ0) is 12.1. The van der Waals surface area contributed by atoms with Crippen LogP contribution in [0.15, 0.2) is 0 Å². The summed E-state index contributed by atoms with van der Waals surface area (Å²) in [5.41, 5.74) is 0. The summed E-state index contributed by atoms with van der Waals surface area (Å²) in [6.45, 7) is 6.73. The van der Waals surface area contributed by atoms with Crippen LogP contribution < -0.4 is 0 Å². The maximum absolute atomic E-state index is 11.7. The van der Waals surface area contributed by atoms with Gasteiger partial charge in [-0.2, -0.15) is 0 Å². The molecule has 2 saturated heterocycles. The lowest BCUT2D eigenvalue weighted by atomic mass is 10.2. The number of halogens is 1. The number of hydrogen-bond donors (Lipinski definition) is 0. The molecule has 0 bridgehead atoms. The van der Waals surface area contributed by atoms with Crippen LogP contribution in [0.2, 0.25) is 0 Å². The van der Waals surface area contributed by atoms with Crippen LogP contribution >= 0.6 is 15.9 Å². The summed E-state index contributed by atoms with van der Waals surface area (Å²) < 4.78 is 5.31. The first-order chi connectivity index (χ1) is 8.29. The Hall–Kier alpha value is -0.130. The Labute approximate surface area is 111 Å². The van der Waals surface area contributed by atoms with Crippen LogP contribution in [0.3, 0.4) is 0 Å². The second kappa shape index (κ2) is 6.71. The lowest BCUT2D eigenvalue weighted by Crippen LogP contribution is -2.38. The van der Waals surface area contributed by atoms with Gasteiger partial charge in [-0.05, 0) is 12.3 Å². The number of hydrogen-bond acceptors (Lipinski definition) is 3. The number of amides is 1. The third-order valence-electron chi connectivity index (χ3n) is 3.52. The van der Waals surface area contributed by atoms with Crippen molar-refractivity contribution < 1.29 is 9.53 Å². The molecule has 17 heavy (non-hydrogen) atoms. The van der Waals surface area contributed by atoms with Gasteiger partial charge in [0, 0.05) is 44.5 Å². The first-order valence-electron chi connectivity index (χ1n) is 6.43. The Bertz CT molecular complexity index is 257. The van der Waals surface area contributed by atoms with E-state index in [1.54, 1.807) is 0 Å². The second-order valence-electron chi connectivity index (χ2n) is 4.87. The number of likely N-dealkylation sites (tertiary alicyclic amines) is 1. The van der Waals surface area contributed by atoms with Crippen LogP contribution in [-0.4, -0.2) is 67.0 Å². The normalized spacial score (nSPS) is 26.8. The summed E-state index contributed by atoms with van der Waals surface area (Å²) in [6, 6.07) is 0. The molecule has 4 nitrogen and oxygen atoms in total. The Morgan fingerprint density at radius 1 is 1.29 bits per heavy atom. The molecule has 2 fully saturated rings. The molecule has 0 aromatic carbocycles. The van der Waals surface area contributed by atoms with Gasteiger partial charge in [-0.25, -0.2) is 0 Å². The highest BCUT2D eigenvalue weighted by molar-refractivity contribution is 9.09. The molecule has 2 heterocycles. The van der Waals surface area contributed by atoms with Gasteiger partial charge < -0.3 is 9.64 Å². The van der Waals surface area contributed by atoms with Gasteiger partial charge in [0.1, 0.15) is 0 Å². The number of carbonyl (C=O) groups excluding carboxylic acids is 1. The number of morpholine rings is 1. The van der Waals surface area contributed by atoms with Crippen LogP contribution in [-0.2, 0) is 9.53 Å². The van der Waals surface area contributed by atoms with Crippen molar-refractivity contribution >= 4 is 21.8 Å². The molecule has 1 unspecified atom stereocenters. The Kier molecular flexibility index (Phi) is 5.25. The van der Waals surface area contributed by atoms with E-state index in [1.807, 2.05) is 4.90 Å². The van der Waals surface area contributed by atoms with Crippen LogP contribution in [0, 0.1) is 5.92 Å². The van der Waals surface area contributed by atoms with E-state index >= 15 is 0 Å². The minimum absolute atomic E-state index is 0.330. The molecule has 98 valence electrons. The highest BCUT2D eigenvalue weighted by Crippen LogP contribution is 2.19. The minimum atomic E-state index is 0.330. The predicted octanol–water partition coefficient (Wildman–Crippen LogP) is 0.952. The van der Waals surface area contributed by atoms with E-state index in [4.69, 9.17) is 4.74 Å². The van der Waals surface area contributed by atoms with E-state index in [9.17, 15) is 4.79 Å². The second-order valence-corrected chi connectivity index (χ2v) is 5.52. The van der Waals surface area contributed by atoms with Crippen LogP contribution in [0.4, 0.5) is 0 Å². The lowest BCUT2D eigenvalue weighted by Gasteiger charge is -2.27. The summed E-state index contributed by atoms with van der Waals surface area (Å²) in [5, 5.41) is 0.943. The van der Waals surface area contributed by atoms with Crippen LogP contribution in [0.1, 0.15) is 12.8 Å². The summed E-state index contributed by atoms with van der Waals surface area (Å²) in [4.78, 5) is 16.1. The fourth-order valence-electron chi connectivity index (χ4n) is 2.48. The molecule has 0 N–H and O–H groups in total. The zero-order valence-electron chi connectivity index (χ0n) is 10.2. The van der Waals surface area contributed by atoms with Gasteiger partial charge in [-0.3, -0.25) is 9.69 Å². The van der Waals surface area contributed by atoms with Gasteiger partial charge in [-0.1, -0.05) is 15.9 Å². The summed E-state index contributed by atoms with van der Waals surface area (Å²) in [7, 11) is 0. The fraction of sp³-hybridized carbons (Fsp3) is 0.917. The van der Waals surface area contributed by atoms with Crippen LogP contribution in [0.5, 0.6) is 0 Å². The van der Waals surface area contributed by atoms with Gasteiger partial charge in [-0.15, -0.1) is 0 Å². The Morgan fingerprint density at radius 3 is 2.71 bits per heavy atom. The predicted molar refractivity (Wildman–Crippen MR) is 70.4 cm³/mol. The summed E-state index contributed by atoms with van der Waals surface area (Å²) in [5.74, 6) is 0.849. The quantitative estimate of drug-likeness (QED) is 0.709. The average molecular weight is 305 g/mol. The number of carbonyl (C=O) groups is 1. The molecule has 1 atom stereocenters. The SMILES string of the molecule is O=C1CC(CBr)CN1CCCN1CCOCC1. The first kappa shape index (κ1) is 13.3. The molecular weight excluding hydrogens is 284 g/mol. The molecule has 5 heteroatoms. The molecule has 2 aliphatic rings. The minimum Gasteiger partial charge on any atom is -0.379 e. The molecule has 1 amide bonds. The first-order valence-corrected chi connectivity index (χ1v) is 7.55. The van der Waals surface area contributed by atoms with Gasteiger partial charge in [0.25, 0.3) is 0 Å². The highest BCUT2D eigenvalue weighted by Gasteiger charge is 2.28. The largest absolute Gasteiger partial charge is 0.379 e. The van der Waals surface area contributed by atoms with E-state index in [0.29, 0.717) is 11.8 Å². The molecule has 0 aromatic rings. The monoisotopic (exact) mass is 304 g/mol. The third-order valence-corrected chi connectivity index (χ3v) is 4.43. The van der Waals surface area contributed by atoms with Crippen molar-refractivity contribution in [3.05, 3.63) is 0 Å². The fourth-order valence-corrected chi connectivity index (χ4v) is 2.92. The lowest BCUT2D eigenvalue weighted by molar-refractivity contribution is -0.127. The number of nitrogens with zero attached hydrogens (tertiary/aromatic N) is 2. The highest BCUT2D eigenvalue weighted by atomic mass is 79.9. The van der Waals surface area contributed by atoms with E-state index in [0.717, 1.165) is 64.1 Å². The van der Waals surface area contributed by atoms with E-state index < -0.39 is 0 Å². The molecule has 0 aliphatic carbocycles. The van der Waals surface area contributed by atoms with Gasteiger partial charge in [0.2, 0.25) is 5.91 Å². The number of rotatable bonds is 5. The van der Waals surface area contributed by atoms with Crippen molar-refractivity contribution in [2.75, 3.05) is 51.3 Å². The maximum Gasteiger partial charge on any atom is 0.222 e. The van der Waals surface area contributed by atoms with Gasteiger partial charge >= 0.3 is 0 Å². The Balaban J connectivity index is 1.63. The van der Waals surface area contributed by atoms with Crippen molar-refractivity contribution in [1.82, 2.24) is 9.80 Å². The molecule has 0 aromatic heterocycles. The van der Waals surface area contributed by atoms with Crippen molar-refractivity contribution in [1.29, 1.82) is 0 Å². The molecule has 0 spiro atoms. The standard InChI is InChI=1S/C12H21BrN2O2/c13-9-11-8-12(16)15(10-11)3-1-2-14-4-6-17-7-5-14/h11H,1-10H2. The molecule has 0 saturated carbocycles. The molecule has 2 aliphatic heterocycles. The van der Waals surface area contributed by atoms with Gasteiger partial charge in [0.15, 0.2) is 0 Å². The maximum atomic E-state index is 11.7. The van der Waals surface area contributed by atoms with Crippen molar-refractivity contribution in [2.45, 2.75) is 12.8 Å². The van der Waals surface area contributed by atoms with Gasteiger partial charge in [0.05, 0.1) is 13.2 Å². The zero-order valence-corrected chi connectivity index (χ0v) is 11.8. The van der Waals surface area contributed by atoms with Crippen molar-refractivity contribution in [3.63, 3.8) is 0 Å². The molecule has 0 radical (unpaired) electrons. The Morgan fingerprint density at radius 2 is 2.06 bits per heavy atom. The van der Waals surface area contributed by atoms with Crippen LogP contribution in [0.25, 0.3) is 0 Å². The van der Waals surface area contributed by atoms with E-state index in [1.165, 1.54) is 0 Å². The van der Waals surface area contributed by atoms with E-state index in [2.05, 4.69) is 20.8 Å². The van der Waals surface area contributed by atoms with E-state index in [-0.39, 0.29) is 0 Å². The summed E-state index contributed by atoms with van der Waals surface area (Å²) >= 11 is 3.46. The smallest absolute Gasteiger partial charge is 0.222 e.